The van der Waals surface area contributed by atoms with Crippen LogP contribution in [0.2, 0.25) is 0 Å². The third kappa shape index (κ3) is 4.94. The molecule has 0 spiro atoms. The fourth-order valence-corrected chi connectivity index (χ4v) is 7.90. The first-order chi connectivity index (χ1) is 25.2. The minimum absolute atomic E-state index is 0.301. The number of rotatable bonds is 7. The lowest BCUT2D eigenvalue weighted by molar-refractivity contribution is 0.0527. The van der Waals surface area contributed by atoms with Crippen LogP contribution < -0.4 is 0 Å². The summed E-state index contributed by atoms with van der Waals surface area (Å²) < 4.78 is 10.3. The van der Waals surface area contributed by atoms with Gasteiger partial charge in [0.1, 0.15) is 0 Å². The van der Waals surface area contributed by atoms with Crippen LogP contribution in [0.5, 0.6) is 0 Å². The number of aryl methyl sites for hydroxylation is 1. The number of nitrogens with zero attached hydrogens (tertiary/aromatic N) is 2. The topological polar surface area (TPSA) is 36.2 Å². The van der Waals surface area contributed by atoms with Crippen molar-refractivity contribution in [3.63, 3.8) is 0 Å². The molecule has 0 aliphatic rings. The largest absolute Gasteiger partial charge is 0.462 e. The molecule has 0 aliphatic heterocycles. The van der Waals surface area contributed by atoms with Crippen LogP contribution in [0, 0.1) is 0 Å². The Morgan fingerprint density at radius 1 is 0.471 bits per heavy atom. The number of fused-ring (bicyclic) bond motifs is 6. The van der Waals surface area contributed by atoms with Gasteiger partial charge in [-0.15, -0.1) is 0 Å². The fourth-order valence-electron chi connectivity index (χ4n) is 7.90. The number of para-hydroxylation sites is 4. The zero-order valence-electron chi connectivity index (χ0n) is 28.6. The summed E-state index contributed by atoms with van der Waals surface area (Å²) in [6.45, 7) is 4.36. The van der Waals surface area contributed by atoms with Crippen molar-refractivity contribution in [3.8, 4) is 33.6 Å². The maximum atomic E-state index is 13.7. The van der Waals surface area contributed by atoms with Crippen LogP contribution in [0.3, 0.4) is 0 Å². The van der Waals surface area contributed by atoms with E-state index in [-0.39, 0.29) is 5.97 Å². The highest BCUT2D eigenvalue weighted by atomic mass is 16.5. The van der Waals surface area contributed by atoms with Crippen LogP contribution >= 0.6 is 0 Å². The van der Waals surface area contributed by atoms with Crippen LogP contribution in [0.1, 0.15) is 29.8 Å². The number of hydrogen-bond donors (Lipinski definition) is 0. The highest BCUT2D eigenvalue weighted by molar-refractivity contribution is 6.10. The lowest BCUT2D eigenvalue weighted by atomic mass is 9.88. The van der Waals surface area contributed by atoms with E-state index in [0.717, 1.165) is 51.1 Å². The molecule has 9 aromatic rings. The zero-order chi connectivity index (χ0) is 34.5. The van der Waals surface area contributed by atoms with Gasteiger partial charge >= 0.3 is 5.97 Å². The van der Waals surface area contributed by atoms with E-state index in [2.05, 4.69) is 162 Å². The Morgan fingerprint density at radius 3 is 1.35 bits per heavy atom. The molecule has 0 amide bonds. The Morgan fingerprint density at radius 2 is 0.882 bits per heavy atom. The van der Waals surface area contributed by atoms with Gasteiger partial charge in [-0.1, -0.05) is 110 Å². The van der Waals surface area contributed by atoms with Crippen molar-refractivity contribution >= 4 is 49.6 Å². The molecule has 0 unspecified atom stereocenters. The molecule has 0 aliphatic carbocycles. The molecule has 0 saturated carbocycles. The van der Waals surface area contributed by atoms with Gasteiger partial charge in [-0.2, -0.15) is 0 Å². The smallest absolute Gasteiger partial charge is 0.338 e. The molecule has 9 rings (SSSR count). The summed E-state index contributed by atoms with van der Waals surface area (Å²) in [4.78, 5) is 13.7. The second-order valence-corrected chi connectivity index (χ2v) is 12.9. The number of benzene rings is 7. The summed E-state index contributed by atoms with van der Waals surface area (Å²) in [5, 5.41) is 4.85. The highest BCUT2D eigenvalue weighted by Gasteiger charge is 2.21. The van der Waals surface area contributed by atoms with Crippen molar-refractivity contribution < 1.29 is 9.53 Å². The van der Waals surface area contributed by atoms with E-state index in [4.69, 9.17) is 4.74 Å². The molecule has 0 atom stereocenters. The molecule has 7 aromatic carbocycles. The number of aromatic nitrogens is 2. The van der Waals surface area contributed by atoms with Crippen LogP contribution in [0.25, 0.3) is 77.2 Å². The van der Waals surface area contributed by atoms with Crippen molar-refractivity contribution in [2.45, 2.75) is 20.3 Å². The molecule has 246 valence electrons. The average Bonchev–Trinajstić information content (AvgIpc) is 3.71. The third-order valence-electron chi connectivity index (χ3n) is 10.2. The second-order valence-electron chi connectivity index (χ2n) is 12.9. The molecular formula is C47H36N2O2. The monoisotopic (exact) mass is 660 g/mol. The van der Waals surface area contributed by atoms with Gasteiger partial charge in [-0.25, -0.2) is 4.79 Å². The first kappa shape index (κ1) is 30.7. The lowest BCUT2D eigenvalue weighted by Gasteiger charge is -2.19. The van der Waals surface area contributed by atoms with E-state index in [1.54, 1.807) is 0 Å². The van der Waals surface area contributed by atoms with Crippen molar-refractivity contribution in [3.05, 3.63) is 169 Å². The molecule has 0 fully saturated rings. The summed E-state index contributed by atoms with van der Waals surface area (Å²) in [5.74, 6) is -0.328. The van der Waals surface area contributed by atoms with Gasteiger partial charge in [0.2, 0.25) is 0 Å². The van der Waals surface area contributed by atoms with Gasteiger partial charge in [0.25, 0.3) is 0 Å². The van der Waals surface area contributed by atoms with Gasteiger partial charge in [0.05, 0.1) is 34.2 Å². The van der Waals surface area contributed by atoms with E-state index < -0.39 is 0 Å². The summed E-state index contributed by atoms with van der Waals surface area (Å²) in [7, 11) is 0. The molecule has 0 bridgehead atoms. The molecule has 4 heteroatoms. The third-order valence-corrected chi connectivity index (χ3v) is 10.2. The molecule has 0 N–H and O–H groups in total. The second kappa shape index (κ2) is 12.5. The molecule has 4 nitrogen and oxygen atoms in total. The van der Waals surface area contributed by atoms with Gasteiger partial charge in [0.15, 0.2) is 0 Å². The Hall–Kier alpha value is -6.39. The number of ether oxygens (including phenoxy) is 1. The van der Waals surface area contributed by atoms with E-state index in [1.165, 1.54) is 38.1 Å². The van der Waals surface area contributed by atoms with Gasteiger partial charge < -0.3 is 13.9 Å². The summed E-state index contributed by atoms with van der Waals surface area (Å²) in [6, 6.07) is 55.6. The Kier molecular flexibility index (Phi) is 7.51. The van der Waals surface area contributed by atoms with Crippen molar-refractivity contribution in [1.29, 1.82) is 0 Å². The van der Waals surface area contributed by atoms with Crippen LogP contribution in [0.4, 0.5) is 0 Å². The molecular weight excluding hydrogens is 625 g/mol. The molecule has 2 heterocycles. The summed E-state index contributed by atoms with van der Waals surface area (Å²) >= 11 is 0. The van der Waals surface area contributed by atoms with Crippen LogP contribution in [0.15, 0.2) is 158 Å². The number of carbonyl (C=O) groups excluding carboxylic acids is 1. The fraction of sp³-hybridized carbons (Fsp3) is 0.0851. The van der Waals surface area contributed by atoms with Crippen molar-refractivity contribution in [2.24, 2.45) is 0 Å². The summed E-state index contributed by atoms with van der Waals surface area (Å²) in [6.07, 6.45) is 0.864. The normalized spacial score (nSPS) is 11.6. The lowest BCUT2D eigenvalue weighted by Crippen LogP contribution is -2.08. The van der Waals surface area contributed by atoms with Gasteiger partial charge in [-0.05, 0) is 95.8 Å². The number of hydrogen-bond acceptors (Lipinski definition) is 2. The minimum Gasteiger partial charge on any atom is -0.462 e. The quantitative estimate of drug-likeness (QED) is 0.160. The van der Waals surface area contributed by atoms with Crippen molar-refractivity contribution in [1.82, 2.24) is 9.13 Å². The Bertz CT molecular complexity index is 2680. The number of esters is 1. The summed E-state index contributed by atoms with van der Waals surface area (Å²) in [5.41, 5.74) is 12.5. The van der Waals surface area contributed by atoms with Gasteiger partial charge in [0, 0.05) is 32.9 Å². The van der Waals surface area contributed by atoms with Crippen LogP contribution in [-0.2, 0) is 11.2 Å². The predicted octanol–water partition coefficient (Wildman–Crippen LogP) is 12.0. The SMILES string of the molecule is CCOC(=O)c1ccc(-n2c3ccccc3c3ccccc32)cc1-c1ccccc1-c1cc(-n2c3ccccc3c3ccccc32)ccc1CC. The van der Waals surface area contributed by atoms with Gasteiger partial charge in [-0.3, -0.25) is 0 Å². The first-order valence-corrected chi connectivity index (χ1v) is 17.7. The molecule has 0 radical (unpaired) electrons. The molecule has 0 saturated heterocycles. The highest BCUT2D eigenvalue weighted by Crippen LogP contribution is 2.41. The predicted molar refractivity (Wildman–Crippen MR) is 211 cm³/mol. The number of carbonyl (C=O) groups is 1. The maximum Gasteiger partial charge on any atom is 0.338 e. The van der Waals surface area contributed by atoms with E-state index in [1.807, 2.05) is 19.1 Å². The minimum atomic E-state index is -0.328. The van der Waals surface area contributed by atoms with E-state index in [0.29, 0.717) is 12.2 Å². The maximum absolute atomic E-state index is 13.7. The molecule has 51 heavy (non-hydrogen) atoms. The van der Waals surface area contributed by atoms with E-state index >= 15 is 0 Å². The molecule has 2 aromatic heterocycles. The Labute approximate surface area is 296 Å². The zero-order valence-corrected chi connectivity index (χ0v) is 28.6. The standard InChI is InChI=1S/C47H36N2O2/c1-3-31-25-26-32(48-43-21-11-7-17-36(43)37-18-8-12-22-44(37)48)29-41(31)34-15-5-6-16-35(34)42-30-33(27-28-40(42)47(50)51-4-2)49-45-23-13-9-19-38(45)39-20-10-14-24-46(39)49/h5-30H,3-4H2,1-2H3. The van der Waals surface area contributed by atoms with E-state index in [9.17, 15) is 4.79 Å². The van der Waals surface area contributed by atoms with Crippen LogP contribution in [-0.4, -0.2) is 21.7 Å². The van der Waals surface area contributed by atoms with Crippen molar-refractivity contribution in [2.75, 3.05) is 6.61 Å². The first-order valence-electron chi connectivity index (χ1n) is 17.7. The Balaban J connectivity index is 1.29. The average molecular weight is 661 g/mol.